The van der Waals surface area contributed by atoms with Crippen LogP contribution in [0.5, 0.6) is 23.0 Å². The lowest BCUT2D eigenvalue weighted by molar-refractivity contribution is 0.419. The Hall–Kier alpha value is -10.2. The van der Waals surface area contributed by atoms with Crippen LogP contribution in [0.15, 0.2) is 291 Å². The number of rotatable bonds is 11. The summed E-state index contributed by atoms with van der Waals surface area (Å²) in [6.45, 7) is 9.15. The molecule has 82 heavy (non-hydrogen) atoms. The molecule has 12 aromatic carbocycles. The second-order valence-corrected chi connectivity index (χ2v) is 22.5. The van der Waals surface area contributed by atoms with Crippen LogP contribution < -0.4 is 19.3 Å². The van der Waals surface area contributed by atoms with E-state index < -0.39 is 0 Å². The second-order valence-electron chi connectivity index (χ2n) is 22.5. The molecule has 4 heteroatoms. The van der Waals surface area contributed by atoms with Gasteiger partial charge in [-0.25, -0.2) is 0 Å². The molecule has 0 atom stereocenters. The average Bonchev–Trinajstić information content (AvgIpc) is 2.73. The third kappa shape index (κ3) is 8.99. The zero-order valence-electron chi connectivity index (χ0n) is 46.4. The van der Waals surface area contributed by atoms with Crippen LogP contribution in [0.2, 0.25) is 0 Å². The number of nitrogens with zero attached hydrogens (tertiary/aromatic N) is 2. The van der Waals surface area contributed by atoms with Crippen LogP contribution in [0, 0.1) is 0 Å². The Morgan fingerprint density at radius 1 is 0.220 bits per heavy atom. The molecule has 0 unspecified atom stereocenters. The summed E-state index contributed by atoms with van der Waals surface area (Å²) in [6.07, 6.45) is 0. The van der Waals surface area contributed by atoms with Gasteiger partial charge in [-0.15, -0.1) is 0 Å². The quantitative estimate of drug-likeness (QED) is 0.129. The van der Waals surface area contributed by atoms with E-state index in [0.29, 0.717) is 0 Å². The molecule has 2 aliphatic heterocycles. The van der Waals surface area contributed by atoms with Crippen molar-refractivity contribution in [3.63, 3.8) is 0 Å². The summed E-state index contributed by atoms with van der Waals surface area (Å²) >= 11 is 0. The number of ether oxygens (including phenoxy) is 2. The molecule has 394 valence electrons. The summed E-state index contributed by atoms with van der Waals surface area (Å²) in [7, 11) is 0. The largest absolute Gasteiger partial charge is 0.456 e. The van der Waals surface area contributed by atoms with E-state index in [-0.39, 0.29) is 10.8 Å². The van der Waals surface area contributed by atoms with E-state index in [0.717, 1.165) is 90.5 Å². The summed E-state index contributed by atoms with van der Waals surface area (Å²) in [5, 5.41) is 0. The maximum absolute atomic E-state index is 6.75. The Kier molecular flexibility index (Phi) is 12.5. The number of hydrogen-bond donors (Lipinski definition) is 0. The van der Waals surface area contributed by atoms with E-state index in [2.05, 4.69) is 329 Å². The maximum Gasteiger partial charge on any atom is 0.139 e. The minimum absolute atomic E-state index is 0.213. The van der Waals surface area contributed by atoms with Gasteiger partial charge >= 0.3 is 0 Å². The first kappa shape index (κ1) is 50.1. The van der Waals surface area contributed by atoms with Gasteiger partial charge in [-0.05, 0) is 129 Å². The van der Waals surface area contributed by atoms with E-state index in [1.807, 2.05) is 0 Å². The lowest BCUT2D eigenvalue weighted by atomic mass is 9.75. The fourth-order valence-corrected chi connectivity index (χ4v) is 12.3. The van der Waals surface area contributed by atoms with Gasteiger partial charge in [0, 0.05) is 78.3 Å². The first-order valence-corrected chi connectivity index (χ1v) is 28.3. The molecule has 0 aliphatic carbocycles. The minimum Gasteiger partial charge on any atom is -0.456 e. The molecule has 0 bridgehead atoms. The molecule has 4 nitrogen and oxygen atoms in total. The fourth-order valence-electron chi connectivity index (χ4n) is 12.3. The van der Waals surface area contributed by atoms with Crippen LogP contribution in [0.25, 0.3) is 55.6 Å². The molecule has 0 fully saturated rings. The van der Waals surface area contributed by atoms with Crippen molar-refractivity contribution in [3.05, 3.63) is 313 Å². The first-order chi connectivity index (χ1) is 40.2. The normalized spacial score (nSPS) is 13.3. The standard InChI is InChI=1S/C78H60N2O2/c1-77(2)69-23-11-13-27-73(69)81-75-67(21-15-25-71(75)77)59-37-49-65(50-38-59)80(66-51-39-60(40-52-66)68-22-16-26-72-76(68)82-74-28-14-12-24-70(74)78(72,3)4)64-47-35-58(36-48-64)57-33-45-63(46-34-57)79(61-41-29-55(30-42-61)53-17-7-5-8-18-53)62-43-31-56(32-44-62)54-19-9-6-10-20-54/h5-52H,1-4H3. The minimum atomic E-state index is -0.213. The summed E-state index contributed by atoms with van der Waals surface area (Å²) < 4.78 is 13.5. The molecule has 0 saturated carbocycles. The Bertz CT molecular complexity index is 4030. The highest BCUT2D eigenvalue weighted by Crippen LogP contribution is 2.53. The first-order valence-electron chi connectivity index (χ1n) is 28.3. The van der Waals surface area contributed by atoms with Crippen molar-refractivity contribution >= 4 is 34.1 Å². The van der Waals surface area contributed by atoms with Crippen LogP contribution in [-0.2, 0) is 10.8 Å². The Morgan fingerprint density at radius 2 is 0.463 bits per heavy atom. The van der Waals surface area contributed by atoms with Crippen molar-refractivity contribution in [2.45, 2.75) is 38.5 Å². The summed E-state index contributed by atoms with van der Waals surface area (Å²) in [5.74, 6) is 3.64. The predicted molar refractivity (Wildman–Crippen MR) is 340 cm³/mol. The lowest BCUT2D eigenvalue weighted by Crippen LogP contribution is -2.24. The number of benzene rings is 12. The molecule has 2 heterocycles. The monoisotopic (exact) mass is 1060 g/mol. The van der Waals surface area contributed by atoms with Gasteiger partial charge in [0.15, 0.2) is 0 Å². The van der Waals surface area contributed by atoms with Crippen molar-refractivity contribution < 1.29 is 9.47 Å². The zero-order valence-corrected chi connectivity index (χ0v) is 46.4. The summed E-state index contributed by atoms with van der Waals surface area (Å²) in [6, 6.07) is 104. The van der Waals surface area contributed by atoms with Gasteiger partial charge in [0.25, 0.3) is 0 Å². The molecule has 0 aromatic heterocycles. The number of anilines is 6. The lowest BCUT2D eigenvalue weighted by Gasteiger charge is -2.35. The highest BCUT2D eigenvalue weighted by atomic mass is 16.5. The molecule has 2 aliphatic rings. The van der Waals surface area contributed by atoms with Gasteiger partial charge in [-0.3, -0.25) is 0 Å². The van der Waals surface area contributed by atoms with Gasteiger partial charge in [0.05, 0.1) is 0 Å². The topological polar surface area (TPSA) is 24.9 Å². The smallest absolute Gasteiger partial charge is 0.139 e. The van der Waals surface area contributed by atoms with Crippen LogP contribution in [0.1, 0.15) is 49.9 Å². The average molecular weight is 1060 g/mol. The predicted octanol–water partition coefficient (Wildman–Crippen LogP) is 21.8. The molecule has 0 spiro atoms. The van der Waals surface area contributed by atoms with Crippen molar-refractivity contribution in [3.8, 4) is 78.6 Å². The SMILES string of the molecule is CC1(C)c2ccccc2Oc2c(-c3ccc(N(c4ccc(-c5ccc(N(c6ccc(-c7ccccc7)cc6)c6ccc(-c7ccccc7)cc6)cc5)cc4)c4ccc(-c5cccc6c5Oc5ccccc5C6(C)C)cc4)cc3)cccc21. The fraction of sp³-hybridized carbons (Fsp3) is 0.0769. The second kappa shape index (κ2) is 20.5. The number of hydrogen-bond acceptors (Lipinski definition) is 4. The molecular formula is C78H60N2O2. The molecule has 0 saturated heterocycles. The van der Waals surface area contributed by atoms with Crippen LogP contribution in [0.3, 0.4) is 0 Å². The van der Waals surface area contributed by atoms with E-state index >= 15 is 0 Å². The highest BCUT2D eigenvalue weighted by molar-refractivity contribution is 5.86. The number of para-hydroxylation sites is 4. The molecule has 0 amide bonds. The molecule has 14 rings (SSSR count). The highest BCUT2D eigenvalue weighted by Gasteiger charge is 2.37. The summed E-state index contributed by atoms with van der Waals surface area (Å²) in [4.78, 5) is 4.68. The molecule has 0 N–H and O–H groups in total. The zero-order chi connectivity index (χ0) is 55.4. The van der Waals surface area contributed by atoms with Crippen LogP contribution in [0.4, 0.5) is 34.1 Å². The van der Waals surface area contributed by atoms with Crippen molar-refractivity contribution in [2.75, 3.05) is 9.80 Å². The molecular weight excluding hydrogens is 997 g/mol. The van der Waals surface area contributed by atoms with Gasteiger partial charge in [0.1, 0.15) is 23.0 Å². The Balaban J connectivity index is 0.803. The van der Waals surface area contributed by atoms with E-state index in [1.54, 1.807) is 0 Å². The van der Waals surface area contributed by atoms with Crippen LogP contribution >= 0.6 is 0 Å². The van der Waals surface area contributed by atoms with Gasteiger partial charge < -0.3 is 19.3 Å². The van der Waals surface area contributed by atoms with Crippen molar-refractivity contribution in [2.24, 2.45) is 0 Å². The van der Waals surface area contributed by atoms with Crippen molar-refractivity contribution in [1.82, 2.24) is 0 Å². The van der Waals surface area contributed by atoms with Gasteiger partial charge in [-0.2, -0.15) is 0 Å². The molecule has 12 aromatic rings. The Morgan fingerprint density at radius 3 is 0.768 bits per heavy atom. The third-order valence-electron chi connectivity index (χ3n) is 16.8. The van der Waals surface area contributed by atoms with E-state index in [9.17, 15) is 0 Å². The third-order valence-corrected chi connectivity index (χ3v) is 16.8. The van der Waals surface area contributed by atoms with Gasteiger partial charge in [0.2, 0.25) is 0 Å². The van der Waals surface area contributed by atoms with Crippen LogP contribution in [-0.4, -0.2) is 0 Å². The van der Waals surface area contributed by atoms with E-state index in [1.165, 1.54) is 44.5 Å². The molecule has 0 radical (unpaired) electrons. The number of fused-ring (bicyclic) bond motifs is 4. The maximum atomic E-state index is 6.75. The van der Waals surface area contributed by atoms with Crippen molar-refractivity contribution in [1.29, 1.82) is 0 Å². The van der Waals surface area contributed by atoms with E-state index in [4.69, 9.17) is 9.47 Å². The summed E-state index contributed by atoms with van der Waals surface area (Å²) in [5.41, 5.74) is 22.1. The Labute approximate surface area is 481 Å². The van der Waals surface area contributed by atoms with Gasteiger partial charge in [-0.1, -0.05) is 234 Å².